The third-order valence-electron chi connectivity index (χ3n) is 4.69. The van der Waals surface area contributed by atoms with E-state index in [9.17, 15) is 5.11 Å². The summed E-state index contributed by atoms with van der Waals surface area (Å²) < 4.78 is 16.3. The van der Waals surface area contributed by atoms with Crippen molar-refractivity contribution >= 4 is 0 Å². The van der Waals surface area contributed by atoms with Gasteiger partial charge in [0, 0.05) is 39.3 Å². The van der Waals surface area contributed by atoms with Crippen molar-refractivity contribution in [2.75, 3.05) is 52.5 Å². The quantitative estimate of drug-likeness (QED) is 0.649. The number of nitrogens with zero attached hydrogens (tertiary/aromatic N) is 2. The minimum atomic E-state index is -0.534. The molecule has 1 fully saturated rings. The second kappa shape index (κ2) is 11.2. The number of hydrogen-bond acceptors (Lipinski definition) is 6. The number of furan rings is 1. The zero-order chi connectivity index (χ0) is 18.7. The highest BCUT2D eigenvalue weighted by Crippen LogP contribution is 2.08. The first kappa shape index (κ1) is 20.0. The molecule has 1 aromatic heterocycles. The standard InChI is InChI=1S/C21H30N2O4/c24-20(17-26-18-21-7-4-12-27-21)16-23(15-19-5-2-1-3-6-19)9-8-22-10-13-25-14-11-22/h1-7,12,20,24H,8-11,13-18H2. The van der Waals surface area contributed by atoms with Gasteiger partial charge in [-0.15, -0.1) is 0 Å². The maximum atomic E-state index is 10.4. The minimum absolute atomic E-state index is 0.295. The summed E-state index contributed by atoms with van der Waals surface area (Å²) in [5.74, 6) is 0.774. The molecule has 2 heterocycles. The second-order valence-corrected chi connectivity index (χ2v) is 6.92. The Balaban J connectivity index is 1.46. The van der Waals surface area contributed by atoms with Crippen molar-refractivity contribution in [3.63, 3.8) is 0 Å². The molecule has 1 unspecified atom stereocenters. The van der Waals surface area contributed by atoms with Crippen LogP contribution in [0.4, 0.5) is 0 Å². The Bertz CT molecular complexity index is 614. The normalized spacial score (nSPS) is 16.7. The van der Waals surface area contributed by atoms with Gasteiger partial charge in [0.05, 0.1) is 32.2 Å². The Morgan fingerprint density at radius 3 is 2.67 bits per heavy atom. The lowest BCUT2D eigenvalue weighted by Gasteiger charge is -2.31. The van der Waals surface area contributed by atoms with Crippen molar-refractivity contribution in [2.45, 2.75) is 19.3 Å². The molecule has 6 heteroatoms. The molecule has 1 aliphatic heterocycles. The molecule has 1 aliphatic rings. The Kier molecular flexibility index (Phi) is 8.32. The molecular formula is C21H30N2O4. The van der Waals surface area contributed by atoms with Crippen LogP contribution in [0.25, 0.3) is 0 Å². The Labute approximate surface area is 161 Å². The summed E-state index contributed by atoms with van der Waals surface area (Å²) >= 11 is 0. The fourth-order valence-electron chi connectivity index (χ4n) is 3.23. The SMILES string of the molecule is OC(COCc1ccco1)CN(CCN1CCOCC1)Cc1ccccc1. The van der Waals surface area contributed by atoms with Crippen LogP contribution in [0.5, 0.6) is 0 Å². The van der Waals surface area contributed by atoms with Crippen LogP contribution in [0.1, 0.15) is 11.3 Å². The van der Waals surface area contributed by atoms with Crippen LogP contribution in [0.3, 0.4) is 0 Å². The molecule has 0 bridgehead atoms. The summed E-state index contributed by atoms with van der Waals surface area (Å²) in [6, 6.07) is 14.1. The van der Waals surface area contributed by atoms with Gasteiger partial charge in [-0.2, -0.15) is 0 Å². The molecule has 1 N–H and O–H groups in total. The molecule has 3 rings (SSSR count). The van der Waals surface area contributed by atoms with Gasteiger partial charge in [-0.3, -0.25) is 9.80 Å². The fraction of sp³-hybridized carbons (Fsp3) is 0.524. The van der Waals surface area contributed by atoms with Gasteiger partial charge in [0.1, 0.15) is 12.4 Å². The first-order chi connectivity index (χ1) is 13.3. The van der Waals surface area contributed by atoms with Crippen molar-refractivity contribution in [2.24, 2.45) is 0 Å². The number of rotatable bonds is 11. The Morgan fingerprint density at radius 2 is 1.93 bits per heavy atom. The first-order valence-corrected chi connectivity index (χ1v) is 9.64. The lowest BCUT2D eigenvalue weighted by molar-refractivity contribution is -0.00152. The van der Waals surface area contributed by atoms with Gasteiger partial charge in [0.2, 0.25) is 0 Å². The maximum Gasteiger partial charge on any atom is 0.129 e. The van der Waals surface area contributed by atoms with E-state index in [4.69, 9.17) is 13.9 Å². The molecule has 1 atom stereocenters. The minimum Gasteiger partial charge on any atom is -0.467 e. The molecule has 1 aromatic carbocycles. The molecule has 0 aliphatic carbocycles. The van der Waals surface area contributed by atoms with E-state index in [1.165, 1.54) is 5.56 Å². The van der Waals surface area contributed by atoms with E-state index >= 15 is 0 Å². The van der Waals surface area contributed by atoms with Crippen molar-refractivity contribution in [3.05, 3.63) is 60.1 Å². The number of aliphatic hydroxyl groups excluding tert-OH is 1. The van der Waals surface area contributed by atoms with Crippen molar-refractivity contribution in [3.8, 4) is 0 Å². The smallest absolute Gasteiger partial charge is 0.129 e. The lowest BCUT2D eigenvalue weighted by Crippen LogP contribution is -2.43. The van der Waals surface area contributed by atoms with Crippen LogP contribution in [0.15, 0.2) is 53.1 Å². The van der Waals surface area contributed by atoms with Gasteiger partial charge in [-0.05, 0) is 17.7 Å². The molecule has 1 saturated heterocycles. The summed E-state index contributed by atoms with van der Waals surface area (Å²) in [6.45, 7) is 7.55. The molecule has 6 nitrogen and oxygen atoms in total. The lowest BCUT2D eigenvalue weighted by atomic mass is 10.2. The molecule has 0 spiro atoms. The molecule has 0 radical (unpaired) electrons. The van der Waals surface area contributed by atoms with E-state index in [1.807, 2.05) is 18.2 Å². The second-order valence-electron chi connectivity index (χ2n) is 6.92. The van der Waals surface area contributed by atoms with Crippen LogP contribution in [0.2, 0.25) is 0 Å². The van der Waals surface area contributed by atoms with E-state index in [1.54, 1.807) is 6.26 Å². The van der Waals surface area contributed by atoms with Crippen LogP contribution in [-0.4, -0.2) is 73.6 Å². The summed E-state index contributed by atoms with van der Waals surface area (Å²) in [5.41, 5.74) is 1.25. The predicted octanol–water partition coefficient (Wildman–Crippen LogP) is 1.99. The monoisotopic (exact) mass is 374 g/mol. The largest absolute Gasteiger partial charge is 0.467 e. The van der Waals surface area contributed by atoms with Gasteiger partial charge in [-0.25, -0.2) is 0 Å². The highest BCUT2D eigenvalue weighted by atomic mass is 16.5. The average Bonchev–Trinajstić information content (AvgIpc) is 3.21. The number of benzene rings is 1. The third kappa shape index (κ3) is 7.44. The number of ether oxygens (including phenoxy) is 2. The Hall–Kier alpha value is -1.70. The van der Waals surface area contributed by atoms with Crippen molar-refractivity contribution in [1.82, 2.24) is 9.80 Å². The van der Waals surface area contributed by atoms with Gasteiger partial charge in [0.15, 0.2) is 0 Å². The first-order valence-electron chi connectivity index (χ1n) is 9.64. The van der Waals surface area contributed by atoms with E-state index in [-0.39, 0.29) is 0 Å². The fourth-order valence-corrected chi connectivity index (χ4v) is 3.23. The third-order valence-corrected chi connectivity index (χ3v) is 4.69. The summed E-state index contributed by atoms with van der Waals surface area (Å²) in [7, 11) is 0. The van der Waals surface area contributed by atoms with Crippen LogP contribution in [-0.2, 0) is 22.6 Å². The topological polar surface area (TPSA) is 58.3 Å². The highest BCUT2D eigenvalue weighted by Gasteiger charge is 2.16. The van der Waals surface area contributed by atoms with E-state index in [0.29, 0.717) is 19.8 Å². The average molecular weight is 374 g/mol. The Morgan fingerprint density at radius 1 is 1.11 bits per heavy atom. The van der Waals surface area contributed by atoms with Crippen molar-refractivity contribution in [1.29, 1.82) is 0 Å². The molecule has 148 valence electrons. The van der Waals surface area contributed by atoms with E-state index < -0.39 is 6.10 Å². The summed E-state index contributed by atoms with van der Waals surface area (Å²) in [5, 5.41) is 10.4. The molecule has 0 amide bonds. The van der Waals surface area contributed by atoms with Gasteiger partial charge in [-0.1, -0.05) is 30.3 Å². The zero-order valence-electron chi connectivity index (χ0n) is 15.8. The zero-order valence-corrected chi connectivity index (χ0v) is 15.8. The van der Waals surface area contributed by atoms with Gasteiger partial charge < -0.3 is 19.0 Å². The maximum absolute atomic E-state index is 10.4. The van der Waals surface area contributed by atoms with Gasteiger partial charge in [0.25, 0.3) is 0 Å². The van der Waals surface area contributed by atoms with Gasteiger partial charge >= 0.3 is 0 Å². The van der Waals surface area contributed by atoms with Crippen LogP contribution >= 0.6 is 0 Å². The van der Waals surface area contributed by atoms with E-state index in [0.717, 1.165) is 51.7 Å². The molecular weight excluding hydrogens is 344 g/mol. The van der Waals surface area contributed by atoms with Crippen LogP contribution < -0.4 is 0 Å². The highest BCUT2D eigenvalue weighted by molar-refractivity contribution is 5.14. The predicted molar refractivity (Wildman–Crippen MR) is 103 cm³/mol. The molecule has 27 heavy (non-hydrogen) atoms. The number of aliphatic hydroxyl groups is 1. The number of morpholine rings is 1. The summed E-state index contributed by atoms with van der Waals surface area (Å²) in [6.07, 6.45) is 1.09. The van der Waals surface area contributed by atoms with Crippen LogP contribution in [0, 0.1) is 0 Å². The molecule has 2 aromatic rings. The summed E-state index contributed by atoms with van der Waals surface area (Å²) in [4.78, 5) is 4.72. The number of hydrogen-bond donors (Lipinski definition) is 1. The van der Waals surface area contributed by atoms with Crippen molar-refractivity contribution < 1.29 is 19.0 Å². The molecule has 0 saturated carbocycles. The van der Waals surface area contributed by atoms with E-state index in [2.05, 4.69) is 34.1 Å².